The fourth-order valence-corrected chi connectivity index (χ4v) is 6.49. The molecule has 5 atom stereocenters. The molecule has 4 aliphatic heterocycles. The van der Waals surface area contributed by atoms with Gasteiger partial charge in [0.25, 0.3) is 17.4 Å². The van der Waals surface area contributed by atoms with Gasteiger partial charge in [-0.2, -0.15) is 13.2 Å². The van der Waals surface area contributed by atoms with Crippen LogP contribution in [0.25, 0.3) is 0 Å². The van der Waals surface area contributed by atoms with Crippen LogP contribution >= 0.6 is 0 Å². The molecule has 0 saturated carbocycles. The number of guanidine groups is 2. The molecule has 10 N–H and O–H groups in total. The molecular formula is C27H29F3N8O5+2. The Bertz CT molecular complexity index is 1580. The third-order valence-electron chi connectivity index (χ3n) is 8.53. The zero-order chi connectivity index (χ0) is 30.9. The lowest BCUT2D eigenvalue weighted by Crippen LogP contribution is -2.92. The molecule has 0 aromatic heterocycles. The summed E-state index contributed by atoms with van der Waals surface area (Å²) < 4.78 is 41.0. The number of amides is 3. The second-order valence-corrected chi connectivity index (χ2v) is 11.0. The molecule has 0 bridgehead atoms. The number of imide groups is 1. The number of carbonyl (C=O) groups is 3. The van der Waals surface area contributed by atoms with E-state index in [1.54, 1.807) is 30.3 Å². The van der Waals surface area contributed by atoms with Gasteiger partial charge in [-0.25, -0.2) is 9.89 Å². The molecular weight excluding hydrogens is 573 g/mol. The topological polar surface area (TPSA) is 200 Å². The van der Waals surface area contributed by atoms with Crippen molar-refractivity contribution in [1.29, 1.82) is 0 Å². The molecule has 1 spiro atoms. The van der Waals surface area contributed by atoms with E-state index in [2.05, 4.69) is 20.9 Å². The predicted molar refractivity (Wildman–Crippen MR) is 141 cm³/mol. The van der Waals surface area contributed by atoms with Gasteiger partial charge in [-0.3, -0.25) is 41.1 Å². The van der Waals surface area contributed by atoms with Crippen molar-refractivity contribution in [2.24, 2.45) is 11.5 Å². The highest BCUT2D eigenvalue weighted by molar-refractivity contribution is 6.06. The lowest BCUT2D eigenvalue weighted by Gasteiger charge is -2.41. The Kier molecular flexibility index (Phi) is 6.39. The maximum absolute atomic E-state index is 13.3. The number of aliphatic hydroxyl groups is 2. The molecule has 2 aromatic rings. The number of nitrogens with two attached hydrogens (primary N) is 2. The molecule has 226 valence electrons. The average molecular weight is 603 g/mol. The van der Waals surface area contributed by atoms with Crippen LogP contribution in [0.4, 0.5) is 13.2 Å². The highest BCUT2D eigenvalue weighted by Crippen LogP contribution is 2.39. The van der Waals surface area contributed by atoms with Crippen LogP contribution in [0.15, 0.2) is 54.6 Å². The number of nitrogens with zero attached hydrogens (tertiary/aromatic N) is 2. The van der Waals surface area contributed by atoms with Crippen molar-refractivity contribution in [3.63, 3.8) is 0 Å². The van der Waals surface area contributed by atoms with Crippen molar-refractivity contribution in [1.82, 2.24) is 20.9 Å². The Morgan fingerprint density at radius 1 is 1.14 bits per heavy atom. The monoisotopic (exact) mass is 602 g/mol. The van der Waals surface area contributed by atoms with Crippen molar-refractivity contribution in [2.75, 3.05) is 13.1 Å². The molecule has 2 saturated heterocycles. The summed E-state index contributed by atoms with van der Waals surface area (Å²) in [5.74, 6) is -5.47. The van der Waals surface area contributed by atoms with Crippen LogP contribution in [0.2, 0.25) is 0 Å². The van der Waals surface area contributed by atoms with E-state index >= 15 is 0 Å². The first-order valence-electron chi connectivity index (χ1n) is 13.4. The first-order valence-corrected chi connectivity index (χ1v) is 13.4. The van der Waals surface area contributed by atoms with Gasteiger partial charge in [0.15, 0.2) is 6.04 Å². The van der Waals surface area contributed by atoms with Gasteiger partial charge in [-0.15, -0.1) is 0 Å². The maximum Gasteiger partial charge on any atom is 0.416 e. The molecule has 13 nitrogen and oxygen atoms in total. The normalized spacial score (nSPS) is 29.5. The molecule has 0 radical (unpaired) electrons. The minimum Gasteiger partial charge on any atom is -0.358 e. The summed E-state index contributed by atoms with van der Waals surface area (Å²) in [5.41, 5.74) is 9.77. The summed E-state index contributed by atoms with van der Waals surface area (Å²) in [7, 11) is 0. The second kappa shape index (κ2) is 9.67. The summed E-state index contributed by atoms with van der Waals surface area (Å²) in [6.07, 6.45) is -4.73. The highest BCUT2D eigenvalue weighted by Gasteiger charge is 2.78. The lowest BCUT2D eigenvalue weighted by molar-refractivity contribution is -0.674. The maximum atomic E-state index is 13.3. The van der Waals surface area contributed by atoms with E-state index in [4.69, 9.17) is 11.5 Å². The molecule has 2 unspecified atom stereocenters. The number of hydrogen-bond donors (Lipinski definition) is 8. The number of benzene rings is 2. The molecule has 43 heavy (non-hydrogen) atoms. The molecule has 3 amide bonds. The Labute approximate surface area is 242 Å². The van der Waals surface area contributed by atoms with Gasteiger partial charge in [0.1, 0.15) is 12.1 Å². The number of nitrogens with one attached hydrogen (secondary N) is 4. The summed E-state index contributed by atoms with van der Waals surface area (Å²) in [4.78, 5) is 43.3. The average Bonchev–Trinajstić information content (AvgIpc) is 3.54. The predicted octanol–water partition coefficient (Wildman–Crippen LogP) is -3.60. The Morgan fingerprint density at radius 2 is 1.86 bits per heavy atom. The van der Waals surface area contributed by atoms with Gasteiger partial charge < -0.3 is 15.5 Å². The quantitative estimate of drug-likeness (QED) is 0.0968. The van der Waals surface area contributed by atoms with E-state index in [9.17, 15) is 37.8 Å². The van der Waals surface area contributed by atoms with Gasteiger partial charge in [-0.05, 0) is 23.8 Å². The Morgan fingerprint density at radius 3 is 2.56 bits per heavy atom. The highest BCUT2D eigenvalue weighted by atomic mass is 19.4. The Hall–Kier alpha value is -4.70. The molecule has 2 fully saturated rings. The van der Waals surface area contributed by atoms with Crippen LogP contribution in [-0.4, -0.2) is 92.0 Å². The van der Waals surface area contributed by atoms with E-state index in [1.807, 2.05) is 0 Å². The number of hydrogen-bond acceptors (Lipinski definition) is 9. The molecule has 16 heteroatoms. The van der Waals surface area contributed by atoms with Gasteiger partial charge in [0, 0.05) is 12.0 Å². The van der Waals surface area contributed by atoms with Crippen LogP contribution in [0, 0.1) is 0 Å². The number of carbonyl (C=O) groups excluding carboxylic acids is 3. The van der Waals surface area contributed by atoms with Gasteiger partial charge >= 0.3 is 18.1 Å². The lowest BCUT2D eigenvalue weighted by atomic mass is 9.85. The minimum atomic E-state index is -4.69. The number of halogens is 3. The summed E-state index contributed by atoms with van der Waals surface area (Å²) in [6.45, 7) is -0.499. The first kappa shape index (κ1) is 28.4. The molecule has 6 rings (SSSR count). The van der Waals surface area contributed by atoms with E-state index in [0.29, 0.717) is 11.6 Å². The molecule has 4 aliphatic rings. The first-order chi connectivity index (χ1) is 20.2. The van der Waals surface area contributed by atoms with Crippen LogP contribution in [0.5, 0.6) is 0 Å². The summed E-state index contributed by atoms with van der Waals surface area (Å²) >= 11 is 0. The van der Waals surface area contributed by atoms with Crippen LogP contribution in [-0.2, 0) is 15.8 Å². The zero-order valence-corrected chi connectivity index (χ0v) is 22.4. The van der Waals surface area contributed by atoms with Crippen LogP contribution in [0.3, 0.4) is 0 Å². The van der Waals surface area contributed by atoms with Crippen LogP contribution in [0.1, 0.15) is 33.8 Å². The minimum absolute atomic E-state index is 0.0375. The zero-order valence-electron chi connectivity index (χ0n) is 22.4. The van der Waals surface area contributed by atoms with Gasteiger partial charge in [-0.1, -0.05) is 36.4 Å². The Balaban J connectivity index is 1.27. The SMILES string of the molecule is NC1=[NH+][C@H]2[C@H](CN3C(=O)CC(c4ccccc4)C3=O)NC(N)=[N+]3CC(NC(=O)c4cccc(C(F)(F)F)c4)C(O)(O)[C@]23N1. The standard InChI is InChI=1S/C27H27F3N8O5/c28-27(29,30)15-8-4-7-14(9-15)21(40)34-18-12-38-24(32)33-17(20-25(38,26(18,42)43)36-23(31)35-20)11-37-19(39)10-16(22(37)41)13-5-2-1-3-6-13/h1-9,16-18,20,42-43H,10-12H2,(H6,31,32,33,34,35,36,40)/p+2/t16?,17-,18?,20-,25-/m0/s1. The van der Waals surface area contributed by atoms with Crippen molar-refractivity contribution in [3.05, 3.63) is 71.3 Å². The van der Waals surface area contributed by atoms with Crippen LogP contribution < -0.4 is 32.4 Å². The van der Waals surface area contributed by atoms with Gasteiger partial charge in [0.05, 0.1) is 24.6 Å². The van der Waals surface area contributed by atoms with E-state index in [0.717, 1.165) is 23.1 Å². The number of alkyl halides is 3. The van der Waals surface area contributed by atoms with Crippen molar-refractivity contribution in [3.8, 4) is 0 Å². The third-order valence-corrected chi connectivity index (χ3v) is 8.53. The molecule has 0 aliphatic carbocycles. The largest absolute Gasteiger partial charge is 0.416 e. The molecule has 4 heterocycles. The third kappa shape index (κ3) is 4.36. The van der Waals surface area contributed by atoms with Crippen molar-refractivity contribution < 1.29 is 47.3 Å². The number of rotatable bonds is 5. The second-order valence-electron chi connectivity index (χ2n) is 11.0. The number of likely N-dealkylation sites (tertiary alicyclic amines) is 1. The smallest absolute Gasteiger partial charge is 0.358 e. The van der Waals surface area contributed by atoms with Gasteiger partial charge in [0.2, 0.25) is 11.8 Å². The summed E-state index contributed by atoms with van der Waals surface area (Å²) in [6, 6.07) is 9.15. The van der Waals surface area contributed by atoms with Crippen molar-refractivity contribution >= 4 is 29.6 Å². The fraction of sp³-hybridized carbons (Fsp3) is 0.370. The fourth-order valence-electron chi connectivity index (χ4n) is 6.49. The summed E-state index contributed by atoms with van der Waals surface area (Å²) in [5, 5.41) is 31.4. The van der Waals surface area contributed by atoms with Crippen molar-refractivity contribution in [2.45, 2.75) is 48.1 Å². The molecule has 2 aromatic carbocycles. The van der Waals surface area contributed by atoms with E-state index in [1.165, 1.54) is 4.58 Å². The van der Waals surface area contributed by atoms with E-state index < -0.39 is 65.0 Å². The van der Waals surface area contributed by atoms with E-state index in [-0.39, 0.29) is 37.0 Å².